The number of pyridine rings is 1. The molecule has 160 valence electrons. The van der Waals surface area contributed by atoms with Gasteiger partial charge in [0.05, 0.1) is 6.20 Å². The van der Waals surface area contributed by atoms with Crippen LogP contribution in [0.25, 0.3) is 11.1 Å². The average molecular weight is 410 g/mol. The summed E-state index contributed by atoms with van der Waals surface area (Å²) in [5.41, 5.74) is 4.72. The van der Waals surface area contributed by atoms with E-state index in [-0.39, 0.29) is 29.2 Å². The minimum atomic E-state index is -0.108. The zero-order valence-electron chi connectivity index (χ0n) is 18.3. The van der Waals surface area contributed by atoms with E-state index < -0.39 is 0 Å². The molecule has 0 bridgehead atoms. The third kappa shape index (κ3) is 4.25. The van der Waals surface area contributed by atoms with E-state index in [1.165, 1.54) is 12.6 Å². The number of nitrogens with one attached hydrogen (secondary N) is 2. The third-order valence-corrected chi connectivity index (χ3v) is 6.27. The molecule has 1 aliphatic heterocycles. The van der Waals surface area contributed by atoms with E-state index in [2.05, 4.69) is 39.2 Å². The number of nitrogens with zero attached hydrogens (tertiary/aromatic N) is 3. The summed E-state index contributed by atoms with van der Waals surface area (Å²) >= 11 is 0. The molecule has 3 heterocycles. The van der Waals surface area contributed by atoms with Crippen LogP contribution < -0.4 is 10.6 Å². The summed E-state index contributed by atoms with van der Waals surface area (Å²) in [6.45, 7) is 9.00. The fourth-order valence-corrected chi connectivity index (χ4v) is 4.83. The summed E-state index contributed by atoms with van der Waals surface area (Å²) in [4.78, 5) is 28.7. The van der Waals surface area contributed by atoms with Crippen molar-refractivity contribution in [2.75, 3.05) is 5.32 Å². The number of carbonyl (C=O) groups is 2. The van der Waals surface area contributed by atoms with Crippen molar-refractivity contribution in [3.8, 4) is 11.1 Å². The van der Waals surface area contributed by atoms with Gasteiger partial charge in [0.1, 0.15) is 5.82 Å². The molecular weight excluding hydrogens is 378 g/mol. The molecule has 0 aromatic carbocycles. The van der Waals surface area contributed by atoms with Crippen molar-refractivity contribution in [1.29, 1.82) is 0 Å². The highest BCUT2D eigenvalue weighted by atomic mass is 16.2. The highest BCUT2D eigenvalue weighted by Crippen LogP contribution is 2.38. The van der Waals surface area contributed by atoms with Gasteiger partial charge in [0.15, 0.2) is 0 Å². The maximum Gasteiger partial charge on any atom is 0.228 e. The molecule has 1 fully saturated rings. The standard InChI is InChI=1S/C23H31N5O2/c1-14-11-24-21(27-22(30)16-6-5-7-17(8-16)26-15(2)29)9-18(14)19-12-25-28-13-23(3,4)10-20(19)28/h9,11-12,16-17H,5-8,10,13H2,1-4H3,(H,26,29)(H,24,27,30)/t16-,17+/m0/s1. The minimum absolute atomic E-state index is 0.0197. The quantitative estimate of drug-likeness (QED) is 0.809. The van der Waals surface area contributed by atoms with Crippen molar-refractivity contribution in [2.24, 2.45) is 11.3 Å². The van der Waals surface area contributed by atoms with Gasteiger partial charge in [0.2, 0.25) is 11.8 Å². The lowest BCUT2D eigenvalue weighted by Crippen LogP contribution is -2.40. The Morgan fingerprint density at radius 3 is 2.77 bits per heavy atom. The van der Waals surface area contributed by atoms with Gasteiger partial charge in [-0.2, -0.15) is 5.10 Å². The molecule has 2 amide bonds. The fraction of sp³-hybridized carbons (Fsp3) is 0.565. The number of aryl methyl sites for hydroxylation is 1. The van der Waals surface area contributed by atoms with Gasteiger partial charge in [0.25, 0.3) is 0 Å². The van der Waals surface area contributed by atoms with Crippen LogP contribution >= 0.6 is 0 Å². The maximum absolute atomic E-state index is 12.9. The second-order valence-electron chi connectivity index (χ2n) is 9.64. The number of fused-ring (bicyclic) bond motifs is 1. The van der Waals surface area contributed by atoms with Gasteiger partial charge >= 0.3 is 0 Å². The first-order chi connectivity index (χ1) is 14.2. The van der Waals surface area contributed by atoms with Crippen molar-refractivity contribution in [3.63, 3.8) is 0 Å². The van der Waals surface area contributed by atoms with E-state index in [1.54, 1.807) is 0 Å². The van der Waals surface area contributed by atoms with Crippen LogP contribution in [0, 0.1) is 18.3 Å². The van der Waals surface area contributed by atoms with Gasteiger partial charge in [-0.1, -0.05) is 20.3 Å². The third-order valence-electron chi connectivity index (χ3n) is 6.27. The highest BCUT2D eigenvalue weighted by Gasteiger charge is 2.32. The Balaban J connectivity index is 1.51. The molecule has 1 saturated carbocycles. The smallest absolute Gasteiger partial charge is 0.228 e. The van der Waals surface area contributed by atoms with Gasteiger partial charge < -0.3 is 10.6 Å². The van der Waals surface area contributed by atoms with Gasteiger partial charge in [-0.25, -0.2) is 4.98 Å². The minimum Gasteiger partial charge on any atom is -0.354 e. The lowest BCUT2D eigenvalue weighted by Gasteiger charge is -2.28. The van der Waals surface area contributed by atoms with Crippen LogP contribution in [0.15, 0.2) is 18.5 Å². The largest absolute Gasteiger partial charge is 0.354 e. The first-order valence-electron chi connectivity index (χ1n) is 10.8. The van der Waals surface area contributed by atoms with Crippen molar-refractivity contribution in [2.45, 2.75) is 72.4 Å². The lowest BCUT2D eigenvalue weighted by molar-refractivity contribution is -0.123. The van der Waals surface area contributed by atoms with E-state index in [4.69, 9.17) is 0 Å². The number of anilines is 1. The topological polar surface area (TPSA) is 88.9 Å². The van der Waals surface area contributed by atoms with Crippen LogP contribution in [0.5, 0.6) is 0 Å². The van der Waals surface area contributed by atoms with Gasteiger partial charge in [-0.3, -0.25) is 14.3 Å². The van der Waals surface area contributed by atoms with Crippen LogP contribution in [0.3, 0.4) is 0 Å². The zero-order chi connectivity index (χ0) is 21.5. The summed E-state index contributed by atoms with van der Waals surface area (Å²) in [5.74, 6) is 0.402. The number of carbonyl (C=O) groups excluding carboxylic acids is 2. The predicted molar refractivity (Wildman–Crippen MR) is 116 cm³/mol. The van der Waals surface area contributed by atoms with E-state index in [0.29, 0.717) is 12.2 Å². The van der Waals surface area contributed by atoms with Crippen LogP contribution in [0.4, 0.5) is 5.82 Å². The Labute approximate surface area is 177 Å². The average Bonchev–Trinajstić information content (AvgIpc) is 3.18. The zero-order valence-corrected chi connectivity index (χ0v) is 18.3. The molecule has 2 N–H and O–H groups in total. The maximum atomic E-state index is 12.9. The molecule has 30 heavy (non-hydrogen) atoms. The Morgan fingerprint density at radius 1 is 1.20 bits per heavy atom. The summed E-state index contributed by atoms with van der Waals surface area (Å²) in [7, 11) is 0. The fourth-order valence-electron chi connectivity index (χ4n) is 4.83. The first kappa shape index (κ1) is 20.6. The molecule has 4 rings (SSSR count). The molecule has 2 aromatic heterocycles. The molecular formula is C23H31N5O2. The van der Waals surface area contributed by atoms with E-state index in [9.17, 15) is 9.59 Å². The lowest BCUT2D eigenvalue weighted by atomic mass is 9.85. The number of aromatic nitrogens is 3. The molecule has 0 spiro atoms. The molecule has 2 aliphatic rings. The van der Waals surface area contributed by atoms with Gasteiger partial charge in [-0.05, 0) is 55.2 Å². The second-order valence-corrected chi connectivity index (χ2v) is 9.64. The number of rotatable bonds is 4. The molecule has 0 unspecified atom stereocenters. The van der Waals surface area contributed by atoms with E-state index >= 15 is 0 Å². The van der Waals surface area contributed by atoms with Crippen molar-refractivity contribution >= 4 is 17.6 Å². The van der Waals surface area contributed by atoms with Gasteiger partial charge in [0, 0.05) is 42.9 Å². The number of hydrogen-bond acceptors (Lipinski definition) is 4. The second kappa shape index (κ2) is 7.85. The molecule has 2 aromatic rings. The Morgan fingerprint density at radius 2 is 2.00 bits per heavy atom. The Bertz CT molecular complexity index is 978. The molecule has 0 saturated heterocycles. The predicted octanol–water partition coefficient (Wildman–Crippen LogP) is 3.47. The molecule has 7 heteroatoms. The highest BCUT2D eigenvalue weighted by molar-refractivity contribution is 5.92. The van der Waals surface area contributed by atoms with Crippen molar-refractivity contribution in [1.82, 2.24) is 20.1 Å². The van der Waals surface area contributed by atoms with Crippen LogP contribution in [-0.2, 0) is 22.6 Å². The van der Waals surface area contributed by atoms with Gasteiger partial charge in [-0.15, -0.1) is 0 Å². The summed E-state index contributed by atoms with van der Waals surface area (Å²) < 4.78 is 2.09. The molecule has 2 atom stereocenters. The van der Waals surface area contributed by atoms with Crippen molar-refractivity contribution in [3.05, 3.63) is 29.7 Å². The van der Waals surface area contributed by atoms with Crippen LogP contribution in [0.2, 0.25) is 0 Å². The first-order valence-corrected chi connectivity index (χ1v) is 10.8. The summed E-state index contributed by atoms with van der Waals surface area (Å²) in [6.07, 6.45) is 8.11. The van der Waals surface area contributed by atoms with Crippen molar-refractivity contribution < 1.29 is 9.59 Å². The Kier molecular flexibility index (Phi) is 5.38. The Hall–Kier alpha value is -2.70. The van der Waals surface area contributed by atoms with Crippen LogP contribution in [0.1, 0.15) is 57.7 Å². The summed E-state index contributed by atoms with van der Waals surface area (Å²) in [6, 6.07) is 2.04. The molecule has 7 nitrogen and oxygen atoms in total. The monoisotopic (exact) mass is 409 g/mol. The van der Waals surface area contributed by atoms with E-state index in [0.717, 1.165) is 48.9 Å². The SMILES string of the molecule is CC(=O)N[C@@H]1CCC[C@H](C(=O)Nc2cc(-c3cnn4c3CC(C)(C)C4)c(C)cn2)C1. The molecule has 0 radical (unpaired) electrons. The molecule has 1 aliphatic carbocycles. The number of hydrogen-bond donors (Lipinski definition) is 2. The summed E-state index contributed by atoms with van der Waals surface area (Å²) in [5, 5.41) is 10.5. The normalized spacial score (nSPS) is 22.4. The number of amides is 2. The van der Waals surface area contributed by atoms with E-state index in [1.807, 2.05) is 25.4 Å². The van der Waals surface area contributed by atoms with Crippen LogP contribution in [-0.4, -0.2) is 32.6 Å².